The minimum Gasteiger partial charge on any atom is -0.384 e. The van der Waals surface area contributed by atoms with Crippen LogP contribution < -0.4 is 11.1 Å². The Balaban J connectivity index is 2.33. The minimum atomic E-state index is 0.597. The molecule has 0 spiro atoms. The molecule has 3 N–H and O–H groups in total. The van der Waals surface area contributed by atoms with Crippen molar-refractivity contribution >= 4 is 5.82 Å². The van der Waals surface area contributed by atoms with Crippen LogP contribution in [0.2, 0.25) is 0 Å². The molecule has 0 saturated heterocycles. The Labute approximate surface area is 104 Å². The van der Waals surface area contributed by atoms with Crippen LogP contribution in [0.4, 0.5) is 5.82 Å². The van der Waals surface area contributed by atoms with E-state index in [4.69, 9.17) is 5.73 Å². The molecule has 0 aliphatic carbocycles. The largest absolute Gasteiger partial charge is 0.384 e. The number of aromatic nitrogens is 1. The summed E-state index contributed by atoms with van der Waals surface area (Å²) in [5.74, 6) is 0.597. The van der Waals surface area contributed by atoms with E-state index < -0.39 is 0 Å². The van der Waals surface area contributed by atoms with E-state index in [1.54, 1.807) is 6.20 Å². The summed E-state index contributed by atoms with van der Waals surface area (Å²) in [6, 6.07) is 3.95. The number of allylic oxidation sites excluding steroid dienone is 1. The molecule has 0 amide bonds. The van der Waals surface area contributed by atoms with Gasteiger partial charge in [0.25, 0.3) is 0 Å². The van der Waals surface area contributed by atoms with Crippen LogP contribution in [0.15, 0.2) is 30.0 Å². The van der Waals surface area contributed by atoms with Gasteiger partial charge >= 0.3 is 0 Å². The van der Waals surface area contributed by atoms with Gasteiger partial charge in [0.1, 0.15) is 5.82 Å². The van der Waals surface area contributed by atoms with Crippen LogP contribution in [-0.2, 0) is 6.42 Å². The van der Waals surface area contributed by atoms with Gasteiger partial charge in [-0.15, -0.1) is 0 Å². The van der Waals surface area contributed by atoms with Crippen LogP contribution in [0.5, 0.6) is 0 Å². The molecule has 17 heavy (non-hydrogen) atoms. The number of nitrogen functional groups attached to an aromatic ring is 1. The second-order valence-corrected chi connectivity index (χ2v) is 4.35. The summed E-state index contributed by atoms with van der Waals surface area (Å²) in [6.45, 7) is 6.51. The van der Waals surface area contributed by atoms with Gasteiger partial charge in [0.2, 0.25) is 0 Å². The van der Waals surface area contributed by atoms with E-state index in [2.05, 4.69) is 30.2 Å². The number of hydrogen-bond acceptors (Lipinski definition) is 3. The second-order valence-electron chi connectivity index (χ2n) is 4.35. The Morgan fingerprint density at radius 1 is 1.47 bits per heavy atom. The number of nitrogens with zero attached hydrogens (tertiary/aromatic N) is 1. The minimum absolute atomic E-state index is 0.597. The first-order valence-corrected chi connectivity index (χ1v) is 6.29. The number of rotatable bonds is 7. The van der Waals surface area contributed by atoms with E-state index in [-0.39, 0.29) is 0 Å². The van der Waals surface area contributed by atoms with Crippen molar-refractivity contribution in [1.29, 1.82) is 0 Å². The summed E-state index contributed by atoms with van der Waals surface area (Å²) < 4.78 is 0. The van der Waals surface area contributed by atoms with Gasteiger partial charge < -0.3 is 11.1 Å². The molecule has 0 fully saturated rings. The highest BCUT2D eigenvalue weighted by Gasteiger charge is 1.96. The quantitative estimate of drug-likeness (QED) is 0.562. The first kappa shape index (κ1) is 13.7. The highest BCUT2D eigenvalue weighted by atomic mass is 14.8. The Kier molecular flexibility index (Phi) is 6.33. The number of nitrogens with one attached hydrogen (secondary N) is 1. The molecule has 3 nitrogen and oxygen atoms in total. The van der Waals surface area contributed by atoms with Crippen molar-refractivity contribution in [3.8, 4) is 0 Å². The van der Waals surface area contributed by atoms with Crippen molar-refractivity contribution in [2.75, 3.05) is 18.8 Å². The predicted molar refractivity (Wildman–Crippen MR) is 73.9 cm³/mol. The van der Waals surface area contributed by atoms with Crippen molar-refractivity contribution in [3.05, 3.63) is 35.5 Å². The lowest BCUT2D eigenvalue weighted by Gasteiger charge is -2.04. The number of hydrogen-bond donors (Lipinski definition) is 2. The van der Waals surface area contributed by atoms with Gasteiger partial charge in [-0.3, -0.25) is 0 Å². The Morgan fingerprint density at radius 2 is 2.29 bits per heavy atom. The molecule has 0 radical (unpaired) electrons. The zero-order valence-electron chi connectivity index (χ0n) is 10.9. The molecular formula is C14H23N3. The molecule has 0 aliphatic heterocycles. The summed E-state index contributed by atoms with van der Waals surface area (Å²) >= 11 is 0. The SMILES string of the molecule is CCCNCCC=C(C)Cc1ccnc(N)c1. The molecule has 1 heterocycles. The second kappa shape index (κ2) is 7.85. The smallest absolute Gasteiger partial charge is 0.123 e. The molecule has 0 aromatic carbocycles. The molecule has 1 aromatic heterocycles. The zero-order valence-corrected chi connectivity index (χ0v) is 10.9. The molecule has 1 rings (SSSR count). The maximum Gasteiger partial charge on any atom is 0.123 e. The summed E-state index contributed by atoms with van der Waals surface area (Å²) in [7, 11) is 0. The third-order valence-corrected chi connectivity index (χ3v) is 2.57. The van der Waals surface area contributed by atoms with E-state index in [9.17, 15) is 0 Å². The summed E-state index contributed by atoms with van der Waals surface area (Å²) in [5, 5.41) is 3.39. The van der Waals surface area contributed by atoms with Gasteiger partial charge in [0.15, 0.2) is 0 Å². The van der Waals surface area contributed by atoms with Crippen LogP contribution in [-0.4, -0.2) is 18.1 Å². The van der Waals surface area contributed by atoms with Crippen LogP contribution in [0.3, 0.4) is 0 Å². The lowest BCUT2D eigenvalue weighted by atomic mass is 10.1. The lowest BCUT2D eigenvalue weighted by molar-refractivity contribution is 0.677. The van der Waals surface area contributed by atoms with Crippen LogP contribution >= 0.6 is 0 Å². The number of pyridine rings is 1. The standard InChI is InChI=1S/C14H23N3/c1-3-7-16-8-4-5-12(2)10-13-6-9-17-14(15)11-13/h5-6,9,11,16H,3-4,7-8,10H2,1-2H3,(H2,15,17). The van der Waals surface area contributed by atoms with Crippen LogP contribution in [0.1, 0.15) is 32.3 Å². The van der Waals surface area contributed by atoms with Crippen molar-refractivity contribution < 1.29 is 0 Å². The maximum atomic E-state index is 5.65. The molecule has 3 heteroatoms. The Hall–Kier alpha value is -1.35. The summed E-state index contributed by atoms with van der Waals surface area (Å²) in [4.78, 5) is 3.99. The van der Waals surface area contributed by atoms with E-state index in [1.165, 1.54) is 17.6 Å². The molecule has 1 aromatic rings. The average Bonchev–Trinajstić information content (AvgIpc) is 2.29. The summed E-state index contributed by atoms with van der Waals surface area (Å²) in [6.07, 6.45) is 7.30. The fourth-order valence-electron chi connectivity index (χ4n) is 1.72. The topological polar surface area (TPSA) is 50.9 Å². The molecule has 0 saturated carbocycles. The Morgan fingerprint density at radius 3 is 3.00 bits per heavy atom. The molecule has 0 atom stereocenters. The van der Waals surface area contributed by atoms with Crippen molar-refractivity contribution in [1.82, 2.24) is 10.3 Å². The van der Waals surface area contributed by atoms with Gasteiger partial charge in [-0.2, -0.15) is 0 Å². The summed E-state index contributed by atoms with van der Waals surface area (Å²) in [5.41, 5.74) is 8.26. The highest BCUT2D eigenvalue weighted by Crippen LogP contribution is 2.09. The lowest BCUT2D eigenvalue weighted by Crippen LogP contribution is -2.15. The van der Waals surface area contributed by atoms with Crippen LogP contribution in [0.25, 0.3) is 0 Å². The highest BCUT2D eigenvalue weighted by molar-refractivity contribution is 5.33. The van der Waals surface area contributed by atoms with Gasteiger partial charge in [-0.25, -0.2) is 4.98 Å². The van der Waals surface area contributed by atoms with E-state index in [0.717, 1.165) is 25.9 Å². The first-order chi connectivity index (χ1) is 8.22. The normalized spacial score (nSPS) is 11.8. The zero-order chi connectivity index (χ0) is 12.5. The maximum absolute atomic E-state index is 5.65. The predicted octanol–water partition coefficient (Wildman–Crippen LogP) is 2.54. The molecule has 0 bridgehead atoms. The van der Waals surface area contributed by atoms with Gasteiger partial charge in [-0.1, -0.05) is 18.6 Å². The fourth-order valence-corrected chi connectivity index (χ4v) is 1.72. The molecule has 94 valence electrons. The Bertz CT molecular complexity index is 358. The number of anilines is 1. The average molecular weight is 233 g/mol. The van der Waals surface area contributed by atoms with Crippen molar-refractivity contribution in [3.63, 3.8) is 0 Å². The third-order valence-electron chi connectivity index (χ3n) is 2.57. The van der Waals surface area contributed by atoms with Crippen LogP contribution in [0, 0.1) is 0 Å². The van der Waals surface area contributed by atoms with E-state index >= 15 is 0 Å². The molecule has 0 aliphatic rings. The van der Waals surface area contributed by atoms with E-state index in [0.29, 0.717) is 5.82 Å². The van der Waals surface area contributed by atoms with Crippen molar-refractivity contribution in [2.45, 2.75) is 33.1 Å². The molecule has 0 unspecified atom stereocenters. The van der Waals surface area contributed by atoms with Gasteiger partial charge in [0.05, 0.1) is 0 Å². The third kappa shape index (κ3) is 6.07. The number of nitrogens with two attached hydrogens (primary N) is 1. The monoisotopic (exact) mass is 233 g/mol. The molecular weight excluding hydrogens is 210 g/mol. The van der Waals surface area contributed by atoms with E-state index in [1.807, 2.05) is 12.1 Å². The fraction of sp³-hybridized carbons (Fsp3) is 0.500. The van der Waals surface area contributed by atoms with Gasteiger partial charge in [-0.05, 0) is 57.0 Å². The van der Waals surface area contributed by atoms with Crippen molar-refractivity contribution in [2.24, 2.45) is 0 Å². The van der Waals surface area contributed by atoms with Gasteiger partial charge in [0, 0.05) is 6.20 Å². The first-order valence-electron chi connectivity index (χ1n) is 6.29.